The Morgan fingerprint density at radius 2 is 0.468 bits per heavy atom. The fourth-order valence-corrected chi connectivity index (χ4v) is 10.4. The fourth-order valence-electron chi connectivity index (χ4n) is 10.4. The lowest BCUT2D eigenvalue weighted by molar-refractivity contribution is -0.167. The quantitative estimate of drug-likeness (QED) is 0.0261. The van der Waals surface area contributed by atoms with Gasteiger partial charge in [0.2, 0.25) is 0 Å². The third-order valence-electron chi connectivity index (χ3n) is 15.6. The molecule has 0 aliphatic rings. The Morgan fingerprint density at radius 3 is 0.753 bits per heavy atom. The van der Waals surface area contributed by atoms with Crippen molar-refractivity contribution >= 4 is 17.9 Å². The first kappa shape index (κ1) is 74.6. The Kier molecular flexibility index (Phi) is 64.1. The molecule has 0 aromatic rings. The molecule has 6 heteroatoms. The highest BCUT2D eigenvalue weighted by Crippen LogP contribution is 2.18. The van der Waals surface area contributed by atoms with Gasteiger partial charge in [0, 0.05) is 19.3 Å². The summed E-state index contributed by atoms with van der Waals surface area (Å²) in [6, 6.07) is 0. The van der Waals surface area contributed by atoms with Crippen molar-refractivity contribution in [1.29, 1.82) is 0 Å². The van der Waals surface area contributed by atoms with Crippen LogP contribution in [0.1, 0.15) is 380 Å². The topological polar surface area (TPSA) is 78.9 Å². The van der Waals surface area contributed by atoms with E-state index in [2.05, 4.69) is 57.2 Å². The lowest BCUT2D eigenvalue weighted by Gasteiger charge is -2.18. The van der Waals surface area contributed by atoms with Gasteiger partial charge in [0.25, 0.3) is 0 Å². The summed E-state index contributed by atoms with van der Waals surface area (Å²) >= 11 is 0. The van der Waals surface area contributed by atoms with Gasteiger partial charge in [-0.25, -0.2) is 0 Å². The zero-order chi connectivity index (χ0) is 55.7. The van der Waals surface area contributed by atoms with Crippen LogP contribution in [0.4, 0.5) is 0 Å². The van der Waals surface area contributed by atoms with E-state index in [0.29, 0.717) is 19.3 Å². The first-order valence-corrected chi connectivity index (χ1v) is 34.5. The molecular formula is C71H132O6. The maximum atomic E-state index is 12.9. The van der Waals surface area contributed by atoms with Crippen LogP contribution < -0.4 is 0 Å². The maximum Gasteiger partial charge on any atom is 0.306 e. The third kappa shape index (κ3) is 64.3. The molecule has 0 rings (SSSR count). The lowest BCUT2D eigenvalue weighted by Crippen LogP contribution is -2.30. The maximum absolute atomic E-state index is 12.9. The standard InChI is InChI=1S/C71H132O6/c1-4-7-10-13-16-19-22-24-26-27-28-29-30-31-32-33-34-35-36-37-38-39-40-41-42-43-45-46-49-52-55-58-61-64-70(73)76-67-68(66-75-69(72)63-60-57-54-51-48-21-18-15-12-9-6-3)77-71(74)65-62-59-56-53-50-47-44-25-23-20-17-14-11-8-5-2/h17,20,25,27-28,44,68H,4-16,18-19,21-24,26,29-43,45-67H2,1-3H3/b20-17-,28-27-,44-25-. The largest absolute Gasteiger partial charge is 0.462 e. The molecule has 0 aliphatic heterocycles. The van der Waals surface area contributed by atoms with Crippen LogP contribution in [-0.2, 0) is 28.6 Å². The number of rotatable bonds is 64. The molecular weight excluding hydrogens is 949 g/mol. The van der Waals surface area contributed by atoms with Gasteiger partial charge >= 0.3 is 17.9 Å². The Bertz CT molecular complexity index is 1290. The predicted octanol–water partition coefficient (Wildman–Crippen LogP) is 23.6. The number of unbranched alkanes of at least 4 members (excludes halogenated alkanes) is 47. The van der Waals surface area contributed by atoms with Crippen molar-refractivity contribution in [3.05, 3.63) is 36.5 Å². The summed E-state index contributed by atoms with van der Waals surface area (Å²) in [6.07, 6.45) is 81.9. The summed E-state index contributed by atoms with van der Waals surface area (Å²) in [7, 11) is 0. The van der Waals surface area contributed by atoms with E-state index >= 15 is 0 Å². The number of carbonyl (C=O) groups excluding carboxylic acids is 3. The molecule has 0 fully saturated rings. The minimum atomic E-state index is -0.775. The molecule has 0 N–H and O–H groups in total. The van der Waals surface area contributed by atoms with Gasteiger partial charge in [-0.05, 0) is 77.0 Å². The molecule has 0 aliphatic carbocycles. The smallest absolute Gasteiger partial charge is 0.306 e. The number of hydrogen-bond acceptors (Lipinski definition) is 6. The van der Waals surface area contributed by atoms with Crippen molar-refractivity contribution in [1.82, 2.24) is 0 Å². The van der Waals surface area contributed by atoms with Crippen LogP contribution >= 0.6 is 0 Å². The monoisotopic (exact) mass is 1080 g/mol. The van der Waals surface area contributed by atoms with Gasteiger partial charge < -0.3 is 14.2 Å². The van der Waals surface area contributed by atoms with E-state index in [1.54, 1.807) is 0 Å². The SMILES string of the molecule is CCCCC/C=C\C/C=C\CCCCCCCC(=O)OC(COC(=O)CCCCCCCCCCCCC)COC(=O)CCCCCCCCCCCCCCCCCCCCCCC/C=C\CCCCCCCCCC. The minimum Gasteiger partial charge on any atom is -0.462 e. The van der Waals surface area contributed by atoms with Crippen LogP contribution in [0.3, 0.4) is 0 Å². The van der Waals surface area contributed by atoms with Crippen LogP contribution in [0, 0.1) is 0 Å². The fraction of sp³-hybridized carbons (Fsp3) is 0.873. The summed E-state index contributed by atoms with van der Waals surface area (Å²) in [5, 5.41) is 0. The van der Waals surface area contributed by atoms with E-state index < -0.39 is 6.10 Å². The van der Waals surface area contributed by atoms with E-state index in [0.717, 1.165) is 83.5 Å². The normalized spacial score (nSPS) is 12.2. The summed E-state index contributed by atoms with van der Waals surface area (Å²) < 4.78 is 16.9. The molecule has 1 unspecified atom stereocenters. The van der Waals surface area contributed by atoms with Crippen molar-refractivity contribution < 1.29 is 28.6 Å². The summed E-state index contributed by atoms with van der Waals surface area (Å²) in [4.78, 5) is 38.2. The summed E-state index contributed by atoms with van der Waals surface area (Å²) in [6.45, 7) is 6.65. The van der Waals surface area contributed by atoms with Gasteiger partial charge in [-0.15, -0.1) is 0 Å². The minimum absolute atomic E-state index is 0.0726. The molecule has 0 spiro atoms. The van der Waals surface area contributed by atoms with Crippen LogP contribution in [0.25, 0.3) is 0 Å². The zero-order valence-corrected chi connectivity index (χ0v) is 52.0. The molecule has 0 heterocycles. The molecule has 77 heavy (non-hydrogen) atoms. The second-order valence-corrected chi connectivity index (χ2v) is 23.4. The Labute approximate surface area is 480 Å². The molecule has 0 amide bonds. The van der Waals surface area contributed by atoms with Crippen molar-refractivity contribution in [3.8, 4) is 0 Å². The molecule has 0 saturated heterocycles. The third-order valence-corrected chi connectivity index (χ3v) is 15.6. The molecule has 0 saturated carbocycles. The van der Waals surface area contributed by atoms with Crippen molar-refractivity contribution in [3.63, 3.8) is 0 Å². The molecule has 6 nitrogen and oxygen atoms in total. The highest BCUT2D eigenvalue weighted by Gasteiger charge is 2.19. The summed E-state index contributed by atoms with van der Waals surface area (Å²) in [5.74, 6) is -0.864. The van der Waals surface area contributed by atoms with E-state index in [9.17, 15) is 14.4 Å². The first-order valence-electron chi connectivity index (χ1n) is 34.5. The first-order chi connectivity index (χ1) is 38.0. The van der Waals surface area contributed by atoms with Crippen molar-refractivity contribution in [2.45, 2.75) is 386 Å². The zero-order valence-electron chi connectivity index (χ0n) is 52.0. The number of hydrogen-bond donors (Lipinski definition) is 0. The summed E-state index contributed by atoms with van der Waals surface area (Å²) in [5.41, 5.74) is 0. The molecule has 0 bridgehead atoms. The van der Waals surface area contributed by atoms with Crippen LogP contribution in [0.2, 0.25) is 0 Å². The Morgan fingerprint density at radius 1 is 0.260 bits per heavy atom. The van der Waals surface area contributed by atoms with Crippen LogP contribution in [0.15, 0.2) is 36.5 Å². The van der Waals surface area contributed by atoms with E-state index in [1.165, 1.54) is 257 Å². The number of esters is 3. The van der Waals surface area contributed by atoms with Crippen LogP contribution in [0.5, 0.6) is 0 Å². The van der Waals surface area contributed by atoms with Crippen LogP contribution in [-0.4, -0.2) is 37.2 Å². The van der Waals surface area contributed by atoms with Gasteiger partial charge in [-0.2, -0.15) is 0 Å². The average Bonchev–Trinajstić information content (AvgIpc) is 3.43. The highest BCUT2D eigenvalue weighted by molar-refractivity contribution is 5.71. The second-order valence-electron chi connectivity index (χ2n) is 23.4. The predicted molar refractivity (Wildman–Crippen MR) is 335 cm³/mol. The van der Waals surface area contributed by atoms with Crippen molar-refractivity contribution in [2.75, 3.05) is 13.2 Å². The van der Waals surface area contributed by atoms with E-state index in [1.807, 2.05) is 0 Å². The van der Waals surface area contributed by atoms with Gasteiger partial charge in [0.05, 0.1) is 0 Å². The van der Waals surface area contributed by atoms with Crippen molar-refractivity contribution in [2.24, 2.45) is 0 Å². The Hall–Kier alpha value is -2.37. The van der Waals surface area contributed by atoms with Gasteiger partial charge in [-0.3, -0.25) is 14.4 Å². The lowest BCUT2D eigenvalue weighted by atomic mass is 10.0. The molecule has 0 radical (unpaired) electrons. The highest BCUT2D eigenvalue weighted by atomic mass is 16.6. The van der Waals surface area contributed by atoms with Gasteiger partial charge in [0.1, 0.15) is 13.2 Å². The number of ether oxygens (including phenoxy) is 3. The average molecular weight is 1080 g/mol. The van der Waals surface area contributed by atoms with Gasteiger partial charge in [0.15, 0.2) is 6.10 Å². The molecule has 0 aromatic heterocycles. The van der Waals surface area contributed by atoms with Gasteiger partial charge in [-0.1, -0.05) is 320 Å². The van der Waals surface area contributed by atoms with E-state index in [-0.39, 0.29) is 31.1 Å². The Balaban J connectivity index is 4.05. The molecule has 452 valence electrons. The van der Waals surface area contributed by atoms with E-state index in [4.69, 9.17) is 14.2 Å². The number of allylic oxidation sites excluding steroid dienone is 6. The molecule has 1 atom stereocenters. The number of carbonyl (C=O) groups is 3. The second kappa shape index (κ2) is 66.1. The molecule has 0 aromatic carbocycles.